The predicted octanol–water partition coefficient (Wildman–Crippen LogP) is 7.18. The van der Waals surface area contributed by atoms with Crippen molar-refractivity contribution in [3.05, 3.63) is 71.8 Å². The molecule has 0 saturated carbocycles. The number of hydrogen-bond donors (Lipinski definition) is 0. The first-order valence-corrected chi connectivity index (χ1v) is 7.68. The Kier molecular flexibility index (Phi) is 3.45. The Morgan fingerprint density at radius 3 is 1.12 bits per heavy atom. The molecule has 0 heterocycles. The molecule has 0 saturated heterocycles. The zero-order chi connectivity index (χ0) is 18.7. The highest BCUT2D eigenvalue weighted by molar-refractivity contribution is 6.17. The van der Waals surface area contributed by atoms with Crippen molar-refractivity contribution in [2.45, 2.75) is 12.4 Å². The molecule has 0 N–H and O–H groups in total. The third kappa shape index (κ3) is 2.66. The van der Waals surface area contributed by atoms with Gasteiger partial charge in [-0.05, 0) is 56.6 Å². The van der Waals surface area contributed by atoms with E-state index in [-0.39, 0.29) is 0 Å². The minimum absolute atomic E-state index is 0.429. The first-order valence-electron chi connectivity index (χ1n) is 7.68. The lowest BCUT2D eigenvalue weighted by molar-refractivity contribution is -0.138. The summed E-state index contributed by atoms with van der Waals surface area (Å²) in [4.78, 5) is 0. The quantitative estimate of drug-likeness (QED) is 0.229. The van der Waals surface area contributed by atoms with E-state index in [1.54, 1.807) is 24.3 Å². The van der Waals surface area contributed by atoms with Crippen LogP contribution in [0.15, 0.2) is 60.7 Å². The summed E-state index contributed by atoms with van der Waals surface area (Å²) in [5, 5.41) is 3.50. The summed E-state index contributed by atoms with van der Waals surface area (Å²) >= 11 is 0. The molecule has 0 amide bonds. The van der Waals surface area contributed by atoms with E-state index in [9.17, 15) is 26.3 Å². The highest BCUT2D eigenvalue weighted by Gasteiger charge is 2.31. The molecule has 0 atom stereocenters. The molecule has 0 unspecified atom stereocenters. The van der Waals surface area contributed by atoms with Crippen molar-refractivity contribution in [2.75, 3.05) is 0 Å². The summed E-state index contributed by atoms with van der Waals surface area (Å²) in [7, 11) is 0. The fraction of sp³-hybridized carbons (Fsp3) is 0.100. The molecule has 0 aliphatic heterocycles. The van der Waals surface area contributed by atoms with Gasteiger partial charge in [0, 0.05) is 0 Å². The number of hydrogen-bond acceptors (Lipinski definition) is 0. The van der Waals surface area contributed by atoms with Gasteiger partial charge in [0.1, 0.15) is 0 Å². The average molecular weight is 364 g/mol. The smallest absolute Gasteiger partial charge is 0.166 e. The second-order valence-electron chi connectivity index (χ2n) is 6.09. The standard InChI is InChI=1S/C20H10F6/c21-19(22,23)13-3-7-15-11(9-13)1-5-17-16-8-4-14(20(24,25)26)10-12(16)2-6-18(15)17/h1-10H. The molecule has 26 heavy (non-hydrogen) atoms. The predicted molar refractivity (Wildman–Crippen MR) is 89.0 cm³/mol. The lowest BCUT2D eigenvalue weighted by Gasteiger charge is -2.12. The Balaban J connectivity index is 1.99. The molecule has 0 aliphatic carbocycles. The Hall–Kier alpha value is -2.76. The zero-order valence-electron chi connectivity index (χ0n) is 13.0. The number of halogens is 6. The molecule has 132 valence electrons. The van der Waals surface area contributed by atoms with E-state index in [1.165, 1.54) is 12.1 Å². The van der Waals surface area contributed by atoms with E-state index in [4.69, 9.17) is 0 Å². The second kappa shape index (κ2) is 5.37. The molecule has 0 spiro atoms. The third-order valence-electron chi connectivity index (χ3n) is 4.49. The maximum absolute atomic E-state index is 12.9. The normalized spacial score (nSPS) is 13.0. The SMILES string of the molecule is FC(F)(F)c1ccc2c(ccc3c4ccc(C(F)(F)F)cc4ccc23)c1. The second-order valence-corrected chi connectivity index (χ2v) is 6.09. The molecule has 0 radical (unpaired) electrons. The average Bonchev–Trinajstić information content (AvgIpc) is 2.58. The van der Waals surface area contributed by atoms with Crippen LogP contribution < -0.4 is 0 Å². The van der Waals surface area contributed by atoms with Crippen LogP contribution in [-0.4, -0.2) is 0 Å². The van der Waals surface area contributed by atoms with Crippen molar-refractivity contribution in [2.24, 2.45) is 0 Å². The van der Waals surface area contributed by atoms with Crippen LogP contribution in [0.5, 0.6) is 0 Å². The molecule has 0 bridgehead atoms. The van der Waals surface area contributed by atoms with Crippen LogP contribution >= 0.6 is 0 Å². The summed E-state index contributed by atoms with van der Waals surface area (Å²) in [5.74, 6) is 0. The van der Waals surface area contributed by atoms with E-state index in [2.05, 4.69) is 0 Å². The summed E-state index contributed by atoms with van der Waals surface area (Å²) in [6, 6.07) is 13.4. The van der Waals surface area contributed by atoms with Crippen LogP contribution in [0.25, 0.3) is 32.3 Å². The minimum atomic E-state index is -4.43. The fourth-order valence-electron chi connectivity index (χ4n) is 3.24. The first-order chi connectivity index (χ1) is 12.1. The van der Waals surface area contributed by atoms with Gasteiger partial charge < -0.3 is 0 Å². The molecule has 0 fully saturated rings. The van der Waals surface area contributed by atoms with Gasteiger partial charge in [0.25, 0.3) is 0 Å². The molecular weight excluding hydrogens is 354 g/mol. The highest BCUT2D eigenvalue weighted by Crippen LogP contribution is 2.37. The van der Waals surface area contributed by atoms with E-state index in [0.29, 0.717) is 32.3 Å². The van der Waals surface area contributed by atoms with Crippen molar-refractivity contribution in [1.29, 1.82) is 0 Å². The van der Waals surface area contributed by atoms with Crippen molar-refractivity contribution < 1.29 is 26.3 Å². The summed E-state index contributed by atoms with van der Waals surface area (Å²) in [6.45, 7) is 0. The van der Waals surface area contributed by atoms with E-state index in [0.717, 1.165) is 24.3 Å². The highest BCUT2D eigenvalue weighted by atomic mass is 19.4. The molecule has 0 aliphatic rings. The summed E-state index contributed by atoms with van der Waals surface area (Å²) in [5.41, 5.74) is -1.47. The lowest BCUT2D eigenvalue weighted by atomic mass is 9.95. The minimum Gasteiger partial charge on any atom is -0.166 e. The maximum Gasteiger partial charge on any atom is 0.416 e. The van der Waals surface area contributed by atoms with Crippen LogP contribution in [0.4, 0.5) is 26.3 Å². The number of fused-ring (bicyclic) bond motifs is 5. The molecular formula is C20H10F6. The molecule has 4 rings (SSSR count). The lowest BCUT2D eigenvalue weighted by Crippen LogP contribution is -2.04. The van der Waals surface area contributed by atoms with Gasteiger partial charge >= 0.3 is 12.4 Å². The topological polar surface area (TPSA) is 0 Å². The van der Waals surface area contributed by atoms with Gasteiger partial charge in [0.2, 0.25) is 0 Å². The van der Waals surface area contributed by atoms with Gasteiger partial charge in [0.15, 0.2) is 0 Å². The number of alkyl halides is 6. The van der Waals surface area contributed by atoms with Gasteiger partial charge in [-0.3, -0.25) is 0 Å². The van der Waals surface area contributed by atoms with Gasteiger partial charge in [-0.2, -0.15) is 26.3 Å². The van der Waals surface area contributed by atoms with E-state index >= 15 is 0 Å². The van der Waals surface area contributed by atoms with Crippen LogP contribution in [0.3, 0.4) is 0 Å². The summed E-state index contributed by atoms with van der Waals surface area (Å²) in [6.07, 6.45) is -8.86. The molecule has 4 aromatic rings. The monoisotopic (exact) mass is 364 g/mol. The van der Waals surface area contributed by atoms with E-state index < -0.39 is 23.5 Å². The van der Waals surface area contributed by atoms with Gasteiger partial charge in [0.05, 0.1) is 11.1 Å². The van der Waals surface area contributed by atoms with Gasteiger partial charge in [-0.1, -0.05) is 36.4 Å². The largest absolute Gasteiger partial charge is 0.416 e. The fourth-order valence-corrected chi connectivity index (χ4v) is 3.24. The Labute approximate surface area is 143 Å². The Morgan fingerprint density at radius 1 is 0.423 bits per heavy atom. The molecule has 0 aromatic heterocycles. The van der Waals surface area contributed by atoms with Crippen LogP contribution in [0.2, 0.25) is 0 Å². The van der Waals surface area contributed by atoms with Crippen molar-refractivity contribution in [1.82, 2.24) is 0 Å². The van der Waals surface area contributed by atoms with Crippen molar-refractivity contribution >= 4 is 32.3 Å². The van der Waals surface area contributed by atoms with Gasteiger partial charge in [-0.25, -0.2) is 0 Å². The van der Waals surface area contributed by atoms with Crippen LogP contribution in [-0.2, 0) is 12.4 Å². The molecule has 0 nitrogen and oxygen atoms in total. The van der Waals surface area contributed by atoms with Crippen LogP contribution in [0.1, 0.15) is 11.1 Å². The van der Waals surface area contributed by atoms with Crippen molar-refractivity contribution in [3.63, 3.8) is 0 Å². The number of benzene rings is 4. The summed E-state index contributed by atoms with van der Waals surface area (Å²) < 4.78 is 77.3. The molecule has 4 aromatic carbocycles. The number of rotatable bonds is 0. The zero-order valence-corrected chi connectivity index (χ0v) is 13.0. The van der Waals surface area contributed by atoms with Crippen LogP contribution in [0, 0.1) is 0 Å². The Morgan fingerprint density at radius 2 is 0.769 bits per heavy atom. The maximum atomic E-state index is 12.9. The first kappa shape index (κ1) is 16.7. The molecule has 6 heteroatoms. The van der Waals surface area contributed by atoms with E-state index in [1.807, 2.05) is 0 Å². The van der Waals surface area contributed by atoms with Crippen molar-refractivity contribution in [3.8, 4) is 0 Å². The third-order valence-corrected chi connectivity index (χ3v) is 4.49. The Bertz CT molecular complexity index is 1060. The van der Waals surface area contributed by atoms with Gasteiger partial charge in [-0.15, -0.1) is 0 Å².